The van der Waals surface area contributed by atoms with Crippen LogP contribution in [0.5, 0.6) is 0 Å². The zero-order valence-electron chi connectivity index (χ0n) is 15.6. The molecule has 28 heavy (non-hydrogen) atoms. The molecule has 1 atom stereocenters. The zero-order valence-corrected chi connectivity index (χ0v) is 16.5. The molecule has 0 aliphatic heterocycles. The Labute approximate surface area is 167 Å². The second-order valence-corrected chi connectivity index (χ2v) is 10.3. The smallest absolute Gasteiger partial charge is 0.165 e. The molecule has 0 N–H and O–H groups in total. The van der Waals surface area contributed by atoms with Crippen molar-refractivity contribution >= 4 is 29.5 Å². The standard InChI is InChI=1S/C26H22OP/c27-21-26(22-13-5-1-6-14-22)28(23-15-7-2-8-16-23,24-17-9-3-10-18-24)25-19-11-4-12-20-25/h1-21,26H/q+1. The molecule has 0 aliphatic rings. The van der Waals surface area contributed by atoms with Gasteiger partial charge in [-0.2, -0.15) is 0 Å². The summed E-state index contributed by atoms with van der Waals surface area (Å²) in [4.78, 5) is 12.7. The molecule has 1 nitrogen and oxygen atoms in total. The maximum absolute atomic E-state index is 12.7. The van der Waals surface area contributed by atoms with Crippen molar-refractivity contribution in [2.45, 2.75) is 5.66 Å². The van der Waals surface area contributed by atoms with E-state index in [-0.39, 0.29) is 5.66 Å². The van der Waals surface area contributed by atoms with E-state index >= 15 is 0 Å². The van der Waals surface area contributed by atoms with Crippen LogP contribution in [0.2, 0.25) is 0 Å². The quantitative estimate of drug-likeness (QED) is 0.342. The molecule has 4 rings (SSSR count). The van der Waals surface area contributed by atoms with Crippen LogP contribution in [0.25, 0.3) is 0 Å². The van der Waals surface area contributed by atoms with Crippen LogP contribution in [-0.4, -0.2) is 6.29 Å². The van der Waals surface area contributed by atoms with Gasteiger partial charge in [-0.05, 0) is 36.4 Å². The van der Waals surface area contributed by atoms with Crippen LogP contribution in [0.4, 0.5) is 0 Å². The highest BCUT2D eigenvalue weighted by atomic mass is 31.2. The van der Waals surface area contributed by atoms with Crippen molar-refractivity contribution < 1.29 is 4.79 Å². The molecule has 4 aromatic carbocycles. The van der Waals surface area contributed by atoms with Gasteiger partial charge in [-0.25, -0.2) is 0 Å². The van der Waals surface area contributed by atoms with Crippen molar-refractivity contribution in [3.63, 3.8) is 0 Å². The summed E-state index contributed by atoms with van der Waals surface area (Å²) in [6, 6.07) is 41.8. The van der Waals surface area contributed by atoms with Gasteiger partial charge in [-0.15, -0.1) is 0 Å². The number of benzene rings is 4. The lowest BCUT2D eigenvalue weighted by Crippen LogP contribution is -2.35. The molecule has 136 valence electrons. The van der Waals surface area contributed by atoms with Crippen molar-refractivity contribution in [1.29, 1.82) is 0 Å². The third-order valence-corrected chi connectivity index (χ3v) is 9.77. The Balaban J connectivity index is 2.11. The van der Waals surface area contributed by atoms with Gasteiger partial charge in [0, 0.05) is 5.56 Å². The van der Waals surface area contributed by atoms with Crippen LogP contribution >= 0.6 is 7.26 Å². The lowest BCUT2D eigenvalue weighted by atomic mass is 10.2. The van der Waals surface area contributed by atoms with Crippen molar-refractivity contribution in [1.82, 2.24) is 0 Å². The highest BCUT2D eigenvalue weighted by molar-refractivity contribution is 7.96. The summed E-state index contributed by atoms with van der Waals surface area (Å²) in [5, 5.41) is 3.65. The van der Waals surface area contributed by atoms with Crippen molar-refractivity contribution in [3.8, 4) is 0 Å². The third-order valence-electron chi connectivity index (χ3n) is 5.18. The van der Waals surface area contributed by atoms with Crippen LogP contribution in [0, 0.1) is 0 Å². The fourth-order valence-electron chi connectivity index (χ4n) is 3.96. The van der Waals surface area contributed by atoms with E-state index in [2.05, 4.69) is 84.9 Å². The molecule has 1 unspecified atom stereocenters. The summed E-state index contributed by atoms with van der Waals surface area (Å²) in [7, 11) is -2.25. The van der Waals surface area contributed by atoms with E-state index < -0.39 is 7.26 Å². The summed E-state index contributed by atoms with van der Waals surface area (Å²) in [6.45, 7) is 0. The molecule has 0 aliphatic carbocycles. The Morgan fingerprint density at radius 2 is 0.821 bits per heavy atom. The van der Waals surface area contributed by atoms with E-state index in [1.165, 1.54) is 15.9 Å². The maximum Gasteiger partial charge on any atom is 0.165 e. The van der Waals surface area contributed by atoms with Gasteiger partial charge < -0.3 is 0 Å². The topological polar surface area (TPSA) is 17.1 Å². The Kier molecular flexibility index (Phi) is 5.46. The molecular weight excluding hydrogens is 359 g/mol. The molecule has 0 amide bonds. The first kappa shape index (κ1) is 18.3. The molecular formula is C26H22OP+. The predicted octanol–water partition coefficient (Wildman–Crippen LogP) is 4.92. The molecule has 4 aromatic rings. The molecule has 0 aromatic heterocycles. The van der Waals surface area contributed by atoms with Crippen molar-refractivity contribution in [2.24, 2.45) is 0 Å². The van der Waals surface area contributed by atoms with Crippen molar-refractivity contribution in [2.75, 3.05) is 0 Å². The molecule has 0 radical (unpaired) electrons. The number of aldehydes is 1. The number of rotatable bonds is 6. The van der Waals surface area contributed by atoms with Gasteiger partial charge in [-0.3, -0.25) is 4.79 Å². The average Bonchev–Trinajstić information content (AvgIpc) is 2.80. The fraction of sp³-hybridized carbons (Fsp3) is 0.0385. The molecule has 0 heterocycles. The van der Waals surface area contributed by atoms with Crippen LogP contribution in [0.1, 0.15) is 11.2 Å². The summed E-state index contributed by atoms with van der Waals surface area (Å²) >= 11 is 0. The normalized spacial score (nSPS) is 12.3. The van der Waals surface area contributed by atoms with Gasteiger partial charge in [0.2, 0.25) is 0 Å². The molecule has 0 fully saturated rings. The Morgan fingerprint density at radius 1 is 0.500 bits per heavy atom. The van der Waals surface area contributed by atoms with E-state index in [4.69, 9.17) is 0 Å². The summed E-state index contributed by atoms with van der Waals surface area (Å²) < 4.78 is 0. The Bertz CT molecular complexity index is 918. The van der Waals surface area contributed by atoms with Gasteiger partial charge in [0.1, 0.15) is 23.2 Å². The Morgan fingerprint density at radius 3 is 1.14 bits per heavy atom. The maximum atomic E-state index is 12.7. The van der Waals surface area contributed by atoms with Gasteiger partial charge in [0.25, 0.3) is 0 Å². The SMILES string of the molecule is O=CC(c1ccccc1)[P+](c1ccccc1)(c1ccccc1)c1ccccc1. The van der Waals surface area contributed by atoms with E-state index in [9.17, 15) is 4.79 Å². The number of carbonyl (C=O) groups is 1. The van der Waals surface area contributed by atoms with Gasteiger partial charge in [0.05, 0.1) is 0 Å². The van der Waals surface area contributed by atoms with Gasteiger partial charge >= 0.3 is 0 Å². The monoisotopic (exact) mass is 381 g/mol. The van der Waals surface area contributed by atoms with Crippen molar-refractivity contribution in [3.05, 3.63) is 127 Å². The molecule has 0 saturated heterocycles. The van der Waals surface area contributed by atoms with E-state index in [0.717, 1.165) is 11.8 Å². The Hall–Kier alpha value is -3.02. The third kappa shape index (κ3) is 3.19. The summed E-state index contributed by atoms with van der Waals surface area (Å²) in [6.07, 6.45) is 1.15. The highest BCUT2D eigenvalue weighted by Crippen LogP contribution is 2.65. The largest absolute Gasteiger partial charge is 0.299 e. The van der Waals surface area contributed by atoms with Gasteiger partial charge in [-0.1, -0.05) is 84.9 Å². The predicted molar refractivity (Wildman–Crippen MR) is 120 cm³/mol. The average molecular weight is 381 g/mol. The minimum Gasteiger partial charge on any atom is -0.299 e. The summed E-state index contributed by atoms with van der Waals surface area (Å²) in [5.74, 6) is 0. The van der Waals surface area contributed by atoms with E-state index in [0.29, 0.717) is 0 Å². The van der Waals surface area contributed by atoms with Crippen LogP contribution in [0.3, 0.4) is 0 Å². The fourth-order valence-corrected chi connectivity index (χ4v) is 8.55. The first-order valence-electron chi connectivity index (χ1n) is 9.43. The second kappa shape index (κ2) is 8.33. The van der Waals surface area contributed by atoms with Crippen LogP contribution in [-0.2, 0) is 4.79 Å². The lowest BCUT2D eigenvalue weighted by Gasteiger charge is -2.32. The minimum atomic E-state index is -2.25. The first-order chi connectivity index (χ1) is 13.9. The second-order valence-electron chi connectivity index (χ2n) is 6.72. The first-order valence-corrected chi connectivity index (χ1v) is 11.3. The zero-order chi connectivity index (χ0) is 19.2. The molecule has 0 spiro atoms. The molecule has 2 heteroatoms. The lowest BCUT2D eigenvalue weighted by molar-refractivity contribution is -0.107. The minimum absolute atomic E-state index is 0.249. The summed E-state index contributed by atoms with van der Waals surface area (Å²) in [5.41, 5.74) is 0.809. The highest BCUT2D eigenvalue weighted by Gasteiger charge is 2.53. The van der Waals surface area contributed by atoms with Crippen LogP contribution < -0.4 is 15.9 Å². The molecule has 0 saturated carbocycles. The number of carbonyl (C=O) groups excluding carboxylic acids is 1. The number of hydrogen-bond donors (Lipinski definition) is 0. The number of hydrogen-bond acceptors (Lipinski definition) is 1. The van der Waals surface area contributed by atoms with E-state index in [1.54, 1.807) is 0 Å². The van der Waals surface area contributed by atoms with Crippen LogP contribution in [0.15, 0.2) is 121 Å². The van der Waals surface area contributed by atoms with Gasteiger partial charge in [0.15, 0.2) is 11.9 Å². The molecule has 0 bridgehead atoms. The van der Waals surface area contributed by atoms with E-state index in [1.807, 2.05) is 36.4 Å².